The molecule has 2 rings (SSSR count). The molecule has 0 spiro atoms. The van der Waals surface area contributed by atoms with E-state index in [-0.39, 0.29) is 12.3 Å². The second kappa shape index (κ2) is 3.23. The standard InChI is InChI=1S/C10H9NO3/c12-8-5-9(13)11-7-4-2-1-3-6(7)10(8)14/h1-4,8,12H,5H2,(H,11,13). The third kappa shape index (κ3) is 1.40. The number of ketones is 1. The number of hydrogen-bond acceptors (Lipinski definition) is 3. The maximum absolute atomic E-state index is 11.5. The van der Waals surface area contributed by atoms with E-state index in [9.17, 15) is 14.7 Å². The van der Waals surface area contributed by atoms with Crippen LogP contribution in [0.3, 0.4) is 0 Å². The quantitative estimate of drug-likeness (QED) is 0.630. The van der Waals surface area contributed by atoms with Gasteiger partial charge in [-0.05, 0) is 12.1 Å². The first kappa shape index (κ1) is 8.90. The van der Waals surface area contributed by atoms with E-state index < -0.39 is 11.9 Å². The Morgan fingerprint density at radius 1 is 1.29 bits per heavy atom. The molecule has 14 heavy (non-hydrogen) atoms. The number of carbonyl (C=O) groups is 2. The largest absolute Gasteiger partial charge is 0.384 e. The molecular weight excluding hydrogens is 182 g/mol. The first-order valence-electron chi connectivity index (χ1n) is 4.29. The molecule has 1 heterocycles. The SMILES string of the molecule is O=C1CC(O)C(=O)c2ccccc2N1. The van der Waals surface area contributed by atoms with Crippen molar-refractivity contribution >= 4 is 17.4 Å². The first-order chi connectivity index (χ1) is 6.68. The minimum Gasteiger partial charge on any atom is -0.384 e. The van der Waals surface area contributed by atoms with Crippen LogP contribution >= 0.6 is 0 Å². The van der Waals surface area contributed by atoms with Crippen LogP contribution in [0, 0.1) is 0 Å². The van der Waals surface area contributed by atoms with Gasteiger partial charge in [0.15, 0.2) is 5.78 Å². The molecule has 4 nitrogen and oxygen atoms in total. The molecule has 1 aromatic carbocycles. The minimum atomic E-state index is -1.22. The Kier molecular flexibility index (Phi) is 2.05. The Morgan fingerprint density at radius 2 is 2.00 bits per heavy atom. The lowest BCUT2D eigenvalue weighted by atomic mass is 10.0. The van der Waals surface area contributed by atoms with Crippen LogP contribution in [-0.4, -0.2) is 22.9 Å². The average Bonchev–Trinajstić information content (AvgIpc) is 2.26. The predicted molar refractivity (Wildman–Crippen MR) is 50.0 cm³/mol. The van der Waals surface area contributed by atoms with E-state index >= 15 is 0 Å². The summed E-state index contributed by atoms with van der Waals surface area (Å²) in [5.41, 5.74) is 0.838. The number of aliphatic hydroxyl groups is 1. The maximum Gasteiger partial charge on any atom is 0.227 e. The highest BCUT2D eigenvalue weighted by Crippen LogP contribution is 2.21. The van der Waals surface area contributed by atoms with E-state index in [0.29, 0.717) is 11.3 Å². The van der Waals surface area contributed by atoms with Gasteiger partial charge in [-0.2, -0.15) is 0 Å². The Bertz CT molecular complexity index is 400. The molecule has 4 heteroatoms. The van der Waals surface area contributed by atoms with Crippen molar-refractivity contribution in [3.8, 4) is 0 Å². The number of aliphatic hydroxyl groups excluding tert-OH is 1. The van der Waals surface area contributed by atoms with Crippen molar-refractivity contribution in [2.24, 2.45) is 0 Å². The van der Waals surface area contributed by atoms with Crippen molar-refractivity contribution in [2.45, 2.75) is 12.5 Å². The summed E-state index contributed by atoms with van der Waals surface area (Å²) in [7, 11) is 0. The second-order valence-electron chi connectivity index (χ2n) is 3.18. The zero-order valence-electron chi connectivity index (χ0n) is 7.36. The van der Waals surface area contributed by atoms with Gasteiger partial charge in [0.25, 0.3) is 0 Å². The first-order valence-corrected chi connectivity index (χ1v) is 4.29. The molecule has 1 atom stereocenters. The molecule has 1 unspecified atom stereocenters. The summed E-state index contributed by atoms with van der Waals surface area (Å²) in [6.45, 7) is 0. The number of hydrogen-bond donors (Lipinski definition) is 2. The van der Waals surface area contributed by atoms with Crippen LogP contribution in [-0.2, 0) is 4.79 Å². The van der Waals surface area contributed by atoms with Crippen LogP contribution in [0.4, 0.5) is 5.69 Å². The van der Waals surface area contributed by atoms with Gasteiger partial charge in [0, 0.05) is 5.56 Å². The average molecular weight is 191 g/mol. The number of rotatable bonds is 0. The monoisotopic (exact) mass is 191 g/mol. The number of nitrogens with one attached hydrogen (secondary N) is 1. The van der Waals surface area contributed by atoms with Gasteiger partial charge in [-0.1, -0.05) is 12.1 Å². The van der Waals surface area contributed by atoms with Gasteiger partial charge in [-0.25, -0.2) is 0 Å². The topological polar surface area (TPSA) is 66.4 Å². The number of Topliss-reactive ketones (excluding diaryl/α,β-unsaturated/α-hetero) is 1. The summed E-state index contributed by atoms with van der Waals surface area (Å²) in [6, 6.07) is 6.65. The van der Waals surface area contributed by atoms with E-state index in [4.69, 9.17) is 0 Å². The molecule has 0 bridgehead atoms. The highest BCUT2D eigenvalue weighted by atomic mass is 16.3. The van der Waals surface area contributed by atoms with Crippen LogP contribution < -0.4 is 5.32 Å². The molecule has 0 aliphatic carbocycles. The van der Waals surface area contributed by atoms with Crippen molar-refractivity contribution in [3.63, 3.8) is 0 Å². The zero-order chi connectivity index (χ0) is 10.1. The van der Waals surface area contributed by atoms with Crippen LogP contribution in [0.2, 0.25) is 0 Å². The highest BCUT2D eigenvalue weighted by molar-refractivity contribution is 6.11. The number of carbonyl (C=O) groups excluding carboxylic acids is 2. The van der Waals surface area contributed by atoms with Gasteiger partial charge in [-0.15, -0.1) is 0 Å². The highest BCUT2D eigenvalue weighted by Gasteiger charge is 2.26. The van der Waals surface area contributed by atoms with Gasteiger partial charge in [-0.3, -0.25) is 9.59 Å². The molecule has 0 saturated heterocycles. The summed E-state index contributed by atoms with van der Waals surface area (Å²) < 4.78 is 0. The molecule has 1 amide bonds. The molecule has 1 aliphatic rings. The molecule has 1 aliphatic heterocycles. The molecular formula is C10H9NO3. The third-order valence-electron chi connectivity index (χ3n) is 2.15. The number of para-hydroxylation sites is 1. The Hall–Kier alpha value is -1.68. The van der Waals surface area contributed by atoms with Crippen LogP contribution in [0.25, 0.3) is 0 Å². The van der Waals surface area contributed by atoms with Gasteiger partial charge in [0.2, 0.25) is 5.91 Å². The van der Waals surface area contributed by atoms with Crippen molar-refractivity contribution in [2.75, 3.05) is 5.32 Å². The second-order valence-corrected chi connectivity index (χ2v) is 3.18. The van der Waals surface area contributed by atoms with Crippen molar-refractivity contribution in [1.82, 2.24) is 0 Å². The summed E-state index contributed by atoms with van der Waals surface area (Å²) >= 11 is 0. The molecule has 0 aromatic heterocycles. The Labute approximate surface area is 80.6 Å². The molecule has 72 valence electrons. The minimum absolute atomic E-state index is 0.173. The lowest BCUT2D eigenvalue weighted by molar-refractivity contribution is -0.117. The van der Waals surface area contributed by atoms with Crippen molar-refractivity contribution in [3.05, 3.63) is 29.8 Å². The normalized spacial score (nSPS) is 21.1. The Balaban J connectivity index is 2.52. The molecule has 0 radical (unpaired) electrons. The molecule has 0 fully saturated rings. The van der Waals surface area contributed by atoms with E-state index in [1.807, 2.05) is 0 Å². The lowest BCUT2D eigenvalue weighted by Gasteiger charge is -2.04. The van der Waals surface area contributed by atoms with Crippen LogP contribution in [0.1, 0.15) is 16.8 Å². The van der Waals surface area contributed by atoms with Crippen molar-refractivity contribution < 1.29 is 14.7 Å². The van der Waals surface area contributed by atoms with E-state index in [1.165, 1.54) is 0 Å². The number of benzene rings is 1. The van der Waals surface area contributed by atoms with Gasteiger partial charge >= 0.3 is 0 Å². The molecule has 2 N–H and O–H groups in total. The summed E-state index contributed by atoms with van der Waals surface area (Å²) in [6.07, 6.45) is -1.40. The summed E-state index contributed by atoms with van der Waals surface area (Å²) in [4.78, 5) is 22.7. The number of anilines is 1. The fourth-order valence-electron chi connectivity index (χ4n) is 1.46. The maximum atomic E-state index is 11.5. The van der Waals surface area contributed by atoms with Gasteiger partial charge in [0.05, 0.1) is 12.1 Å². The third-order valence-corrected chi connectivity index (χ3v) is 2.15. The van der Waals surface area contributed by atoms with E-state index in [0.717, 1.165) is 0 Å². The molecule has 0 saturated carbocycles. The van der Waals surface area contributed by atoms with E-state index in [2.05, 4.69) is 5.32 Å². The van der Waals surface area contributed by atoms with Gasteiger partial charge < -0.3 is 10.4 Å². The van der Waals surface area contributed by atoms with E-state index in [1.54, 1.807) is 24.3 Å². The zero-order valence-corrected chi connectivity index (χ0v) is 7.36. The van der Waals surface area contributed by atoms with Gasteiger partial charge in [0.1, 0.15) is 6.10 Å². The Morgan fingerprint density at radius 3 is 2.79 bits per heavy atom. The number of amides is 1. The smallest absolute Gasteiger partial charge is 0.227 e. The van der Waals surface area contributed by atoms with Crippen LogP contribution in [0.15, 0.2) is 24.3 Å². The lowest BCUT2D eigenvalue weighted by Crippen LogP contribution is -2.22. The fraction of sp³-hybridized carbons (Fsp3) is 0.200. The number of fused-ring (bicyclic) bond motifs is 1. The fourth-order valence-corrected chi connectivity index (χ4v) is 1.46. The van der Waals surface area contributed by atoms with Crippen LogP contribution in [0.5, 0.6) is 0 Å². The predicted octanol–water partition coefficient (Wildman–Crippen LogP) is 0.572. The summed E-state index contributed by atoms with van der Waals surface area (Å²) in [5.74, 6) is -0.741. The summed E-state index contributed by atoms with van der Waals surface area (Å²) in [5, 5.41) is 11.9. The van der Waals surface area contributed by atoms with Crippen molar-refractivity contribution in [1.29, 1.82) is 0 Å². The molecule has 1 aromatic rings.